The van der Waals surface area contributed by atoms with Crippen molar-refractivity contribution >= 4 is 33.4 Å². The molecule has 0 atom stereocenters. The molecule has 10 heteroatoms. The minimum Gasteiger partial charge on any atom is -0.494 e. The first-order chi connectivity index (χ1) is 10.3. The second-order valence-electron chi connectivity index (χ2n) is 4.22. The molecule has 1 heterocycles. The van der Waals surface area contributed by atoms with Crippen LogP contribution in [0.2, 0.25) is 5.02 Å². The van der Waals surface area contributed by atoms with E-state index in [1.807, 2.05) is 5.40 Å². The molecule has 0 saturated carbocycles. The van der Waals surface area contributed by atoms with Gasteiger partial charge in [-0.2, -0.15) is 5.26 Å². The number of thioether (sulfide) groups is 1. The van der Waals surface area contributed by atoms with Gasteiger partial charge in [-0.3, -0.25) is 0 Å². The molecule has 0 fully saturated rings. The van der Waals surface area contributed by atoms with Gasteiger partial charge in [0.15, 0.2) is 5.88 Å². The van der Waals surface area contributed by atoms with Crippen molar-refractivity contribution < 1.29 is 18.6 Å². The Labute approximate surface area is 135 Å². The Bertz CT molecular complexity index is 871. The summed E-state index contributed by atoms with van der Waals surface area (Å²) in [5.41, 5.74) is 0.521. The Morgan fingerprint density at radius 2 is 2.05 bits per heavy atom. The Morgan fingerprint density at radius 1 is 1.36 bits per heavy atom. The Morgan fingerprint density at radius 3 is 2.59 bits per heavy atom. The predicted molar refractivity (Wildman–Crippen MR) is 82.4 cm³/mol. The highest BCUT2D eigenvalue weighted by molar-refractivity contribution is 8.02. The molecule has 1 aromatic heterocycles. The highest BCUT2D eigenvalue weighted by Crippen LogP contribution is 2.36. The fourth-order valence-electron chi connectivity index (χ4n) is 1.84. The van der Waals surface area contributed by atoms with E-state index in [4.69, 9.17) is 22.0 Å². The number of benzene rings is 1. The SMILES string of the molecule is N#CSCc1cc(O)n(-c2ccc(S(N)(=O)=O)cc2Cl)c1O. The van der Waals surface area contributed by atoms with Gasteiger partial charge in [0.1, 0.15) is 5.40 Å². The van der Waals surface area contributed by atoms with Crippen molar-refractivity contribution in [2.45, 2.75) is 10.6 Å². The van der Waals surface area contributed by atoms with E-state index in [1.165, 1.54) is 18.2 Å². The van der Waals surface area contributed by atoms with E-state index in [-0.39, 0.29) is 33.1 Å². The van der Waals surface area contributed by atoms with Crippen LogP contribution in [0.5, 0.6) is 11.8 Å². The van der Waals surface area contributed by atoms with E-state index in [0.717, 1.165) is 22.4 Å². The average molecular weight is 360 g/mol. The summed E-state index contributed by atoms with van der Waals surface area (Å²) in [7, 11) is -3.91. The average Bonchev–Trinajstić information content (AvgIpc) is 2.70. The number of halogens is 1. The molecule has 2 aromatic rings. The largest absolute Gasteiger partial charge is 0.494 e. The first kappa shape index (κ1) is 16.5. The minimum absolute atomic E-state index is 0.0211. The summed E-state index contributed by atoms with van der Waals surface area (Å²) in [6.07, 6.45) is 0. The summed E-state index contributed by atoms with van der Waals surface area (Å²) >= 11 is 6.90. The fraction of sp³-hybridized carbons (Fsp3) is 0.0833. The molecule has 116 valence electrons. The topological polar surface area (TPSA) is 129 Å². The molecular weight excluding hydrogens is 350 g/mol. The van der Waals surface area contributed by atoms with Crippen LogP contribution in [-0.4, -0.2) is 23.2 Å². The third-order valence-electron chi connectivity index (χ3n) is 2.81. The molecule has 0 bridgehead atoms. The van der Waals surface area contributed by atoms with Crippen molar-refractivity contribution in [1.29, 1.82) is 5.26 Å². The van der Waals surface area contributed by atoms with Crippen LogP contribution in [-0.2, 0) is 15.8 Å². The van der Waals surface area contributed by atoms with Crippen molar-refractivity contribution in [2.75, 3.05) is 0 Å². The maximum absolute atomic E-state index is 11.3. The van der Waals surface area contributed by atoms with Crippen LogP contribution < -0.4 is 5.14 Å². The van der Waals surface area contributed by atoms with Crippen LogP contribution in [0.1, 0.15) is 5.56 Å². The summed E-state index contributed by atoms with van der Waals surface area (Å²) in [6, 6.07) is 4.93. The maximum atomic E-state index is 11.3. The molecule has 0 aliphatic carbocycles. The second-order valence-corrected chi connectivity index (χ2v) is 6.95. The molecule has 0 aliphatic heterocycles. The minimum atomic E-state index is -3.91. The third-order valence-corrected chi connectivity index (χ3v) is 4.61. The van der Waals surface area contributed by atoms with Gasteiger partial charge in [0, 0.05) is 17.4 Å². The number of nitriles is 1. The van der Waals surface area contributed by atoms with Crippen molar-refractivity contribution in [1.82, 2.24) is 4.57 Å². The van der Waals surface area contributed by atoms with Crippen LogP contribution >= 0.6 is 23.4 Å². The lowest BCUT2D eigenvalue weighted by atomic mass is 10.3. The Kier molecular flexibility index (Phi) is 4.58. The van der Waals surface area contributed by atoms with E-state index in [9.17, 15) is 18.6 Å². The van der Waals surface area contributed by atoms with Crippen molar-refractivity contribution in [3.8, 4) is 22.8 Å². The van der Waals surface area contributed by atoms with Crippen LogP contribution in [0, 0.1) is 10.7 Å². The number of primary sulfonamides is 1. The van der Waals surface area contributed by atoms with Crippen molar-refractivity contribution in [3.05, 3.63) is 34.9 Å². The standard InChI is InChI=1S/C12H10ClN3O4S2/c13-9-4-8(22(15,19)20)1-2-10(9)16-11(17)3-7(12(16)18)5-21-6-14/h1-4,17-18H,5H2,(H2,15,19,20). The highest BCUT2D eigenvalue weighted by Gasteiger charge is 2.19. The second kappa shape index (κ2) is 6.10. The molecule has 0 spiro atoms. The number of hydrogen-bond donors (Lipinski definition) is 3. The van der Waals surface area contributed by atoms with Crippen molar-refractivity contribution in [3.63, 3.8) is 0 Å². The summed E-state index contributed by atoms with van der Waals surface area (Å²) < 4.78 is 23.6. The molecule has 0 aliphatic rings. The maximum Gasteiger partial charge on any atom is 0.238 e. The van der Waals surface area contributed by atoms with Crippen molar-refractivity contribution in [2.24, 2.45) is 5.14 Å². The number of nitrogens with two attached hydrogens (primary N) is 1. The van der Waals surface area contributed by atoms with Crippen LogP contribution in [0.25, 0.3) is 5.69 Å². The number of thiocyanates is 1. The normalized spacial score (nSPS) is 11.3. The lowest BCUT2D eigenvalue weighted by molar-refractivity contribution is 0.401. The molecule has 0 unspecified atom stereocenters. The predicted octanol–water partition coefficient (Wildman–Crippen LogP) is 1.90. The molecule has 4 N–H and O–H groups in total. The van der Waals surface area contributed by atoms with E-state index in [0.29, 0.717) is 5.56 Å². The number of sulfonamides is 1. The molecular formula is C12H10ClN3O4S2. The fourth-order valence-corrected chi connectivity index (χ4v) is 3.14. The van der Waals surface area contributed by atoms with Gasteiger partial charge in [-0.15, -0.1) is 0 Å². The summed E-state index contributed by atoms with van der Waals surface area (Å²) in [4.78, 5) is -0.187. The van der Waals surface area contributed by atoms with Crippen LogP contribution in [0.15, 0.2) is 29.2 Å². The van der Waals surface area contributed by atoms with Gasteiger partial charge in [0.2, 0.25) is 15.9 Å². The zero-order valence-corrected chi connectivity index (χ0v) is 13.3. The van der Waals surface area contributed by atoms with Gasteiger partial charge in [-0.25, -0.2) is 18.1 Å². The van der Waals surface area contributed by atoms with E-state index >= 15 is 0 Å². The van der Waals surface area contributed by atoms with Gasteiger partial charge in [-0.05, 0) is 30.0 Å². The Balaban J connectivity index is 2.54. The van der Waals surface area contributed by atoms with E-state index in [1.54, 1.807) is 0 Å². The number of rotatable bonds is 4. The van der Waals surface area contributed by atoms with E-state index < -0.39 is 10.0 Å². The summed E-state index contributed by atoms with van der Waals surface area (Å²) in [5, 5.41) is 35.4. The molecule has 0 amide bonds. The quantitative estimate of drug-likeness (QED) is 0.715. The monoisotopic (exact) mass is 359 g/mol. The molecule has 1 aromatic carbocycles. The van der Waals surface area contributed by atoms with Gasteiger partial charge in [-0.1, -0.05) is 11.6 Å². The molecule has 2 rings (SSSR count). The molecule has 0 saturated heterocycles. The number of aromatic nitrogens is 1. The van der Waals surface area contributed by atoms with Crippen LogP contribution in [0.3, 0.4) is 0 Å². The highest BCUT2D eigenvalue weighted by atomic mass is 35.5. The lowest BCUT2D eigenvalue weighted by Gasteiger charge is -2.10. The van der Waals surface area contributed by atoms with Crippen LogP contribution in [0.4, 0.5) is 0 Å². The lowest BCUT2D eigenvalue weighted by Crippen LogP contribution is -2.12. The zero-order valence-electron chi connectivity index (χ0n) is 10.9. The van der Waals surface area contributed by atoms with Gasteiger partial charge < -0.3 is 10.2 Å². The zero-order chi connectivity index (χ0) is 16.5. The van der Waals surface area contributed by atoms with Gasteiger partial charge in [0.25, 0.3) is 0 Å². The van der Waals surface area contributed by atoms with Gasteiger partial charge >= 0.3 is 0 Å². The smallest absolute Gasteiger partial charge is 0.238 e. The Hall–Kier alpha value is -1.86. The summed E-state index contributed by atoms with van der Waals surface area (Å²) in [5.74, 6) is -0.405. The molecule has 0 radical (unpaired) electrons. The number of hydrogen-bond acceptors (Lipinski definition) is 6. The number of nitrogens with zero attached hydrogens (tertiary/aromatic N) is 2. The van der Waals surface area contributed by atoms with E-state index in [2.05, 4.69) is 0 Å². The third kappa shape index (κ3) is 3.15. The first-order valence-corrected chi connectivity index (χ1v) is 8.63. The molecule has 22 heavy (non-hydrogen) atoms. The first-order valence-electron chi connectivity index (χ1n) is 5.72. The van der Waals surface area contributed by atoms with Gasteiger partial charge in [0.05, 0.1) is 15.6 Å². The molecule has 7 nitrogen and oxygen atoms in total. The number of aromatic hydroxyl groups is 2. The summed E-state index contributed by atoms with van der Waals surface area (Å²) in [6.45, 7) is 0.